The number of carbonyl (C=O) groups is 2. The van der Waals surface area contributed by atoms with Crippen LogP contribution in [0.1, 0.15) is 68.6 Å². The van der Waals surface area contributed by atoms with E-state index >= 15 is 0 Å². The summed E-state index contributed by atoms with van der Waals surface area (Å²) in [6.45, 7) is 3.57. The quantitative estimate of drug-likeness (QED) is 0.378. The largest absolute Gasteiger partial charge is 0.378 e. The van der Waals surface area contributed by atoms with Crippen LogP contribution in [0.3, 0.4) is 0 Å². The van der Waals surface area contributed by atoms with Crippen LogP contribution in [0.15, 0.2) is 91.0 Å². The van der Waals surface area contributed by atoms with Gasteiger partial charge in [0.05, 0.1) is 12.5 Å². The number of benzene rings is 3. The van der Waals surface area contributed by atoms with Crippen LogP contribution in [-0.2, 0) is 21.6 Å². The maximum Gasteiger partial charge on any atom is 0.226 e. The molecule has 40 heavy (non-hydrogen) atoms. The minimum Gasteiger partial charge on any atom is -0.378 e. The molecule has 2 amide bonds. The Balaban J connectivity index is 1.12. The zero-order chi connectivity index (χ0) is 28.0. The molecule has 1 atom stereocenters. The lowest BCUT2D eigenvalue weighted by Crippen LogP contribution is -2.50. The van der Waals surface area contributed by atoms with Gasteiger partial charge in [-0.15, -0.1) is 0 Å². The van der Waals surface area contributed by atoms with Crippen LogP contribution < -0.4 is 5.32 Å². The van der Waals surface area contributed by atoms with Crippen molar-refractivity contribution < 1.29 is 14.7 Å². The van der Waals surface area contributed by atoms with E-state index in [0.717, 1.165) is 68.3 Å². The lowest BCUT2D eigenvalue weighted by Gasteiger charge is -2.46. The molecule has 2 aliphatic rings. The first-order valence-corrected chi connectivity index (χ1v) is 14.8. The van der Waals surface area contributed by atoms with Gasteiger partial charge in [0.25, 0.3) is 0 Å². The molecule has 1 saturated heterocycles. The summed E-state index contributed by atoms with van der Waals surface area (Å²) in [5, 5.41) is 15.1. The second kappa shape index (κ2) is 12.4. The van der Waals surface area contributed by atoms with Crippen LogP contribution in [0.2, 0.25) is 0 Å². The molecular formula is C35H42N2O3. The van der Waals surface area contributed by atoms with Crippen molar-refractivity contribution in [2.24, 2.45) is 11.3 Å². The van der Waals surface area contributed by atoms with Crippen LogP contribution in [-0.4, -0.2) is 41.0 Å². The van der Waals surface area contributed by atoms with Gasteiger partial charge in [-0.25, -0.2) is 0 Å². The molecule has 5 rings (SSSR count). The Morgan fingerprint density at radius 3 is 1.88 bits per heavy atom. The molecule has 5 nitrogen and oxygen atoms in total. The highest BCUT2D eigenvalue weighted by molar-refractivity contribution is 5.79. The monoisotopic (exact) mass is 538 g/mol. The van der Waals surface area contributed by atoms with Gasteiger partial charge in [0.1, 0.15) is 5.60 Å². The maximum atomic E-state index is 13.2. The summed E-state index contributed by atoms with van der Waals surface area (Å²) in [5.74, 6) is 0.587. The minimum absolute atomic E-state index is 0.0000604. The number of amides is 2. The van der Waals surface area contributed by atoms with Crippen molar-refractivity contribution in [2.45, 2.75) is 69.9 Å². The third-order valence-corrected chi connectivity index (χ3v) is 9.45. The zero-order valence-electron chi connectivity index (χ0n) is 23.6. The summed E-state index contributed by atoms with van der Waals surface area (Å²) >= 11 is 0. The highest BCUT2D eigenvalue weighted by Gasteiger charge is 2.41. The van der Waals surface area contributed by atoms with Gasteiger partial charge in [0, 0.05) is 19.5 Å². The van der Waals surface area contributed by atoms with Gasteiger partial charge in [-0.3, -0.25) is 9.59 Å². The average molecular weight is 539 g/mol. The summed E-state index contributed by atoms with van der Waals surface area (Å²) in [7, 11) is 0. The number of hydrogen-bond donors (Lipinski definition) is 2. The molecule has 2 fully saturated rings. The molecule has 3 aromatic rings. The fraction of sp³-hybridized carbons (Fsp3) is 0.429. The molecule has 210 valence electrons. The summed E-state index contributed by atoms with van der Waals surface area (Å²) in [6.07, 6.45) is 7.42. The standard InChI is InChI=1S/C35H42N2O3/c1-27(35(40,30-13-7-3-8-14-30)31-15-9-4-10-16-31)36-32(38)25-29-17-19-34(20-18-29)21-23-37(24-22-34)33(39)26-28-11-5-2-6-12-28/h2-16,27,29,40H,17-26H2,1H3,(H,36,38). The Morgan fingerprint density at radius 1 is 0.850 bits per heavy atom. The molecule has 0 aromatic heterocycles. The van der Waals surface area contributed by atoms with Crippen molar-refractivity contribution in [1.29, 1.82) is 0 Å². The Hall–Kier alpha value is -3.44. The van der Waals surface area contributed by atoms with Crippen LogP contribution in [0, 0.1) is 11.3 Å². The Morgan fingerprint density at radius 2 is 1.35 bits per heavy atom. The van der Waals surface area contributed by atoms with Gasteiger partial charge < -0.3 is 15.3 Å². The number of carbonyl (C=O) groups excluding carboxylic acids is 2. The topological polar surface area (TPSA) is 69.6 Å². The van der Waals surface area contributed by atoms with E-state index in [9.17, 15) is 14.7 Å². The van der Waals surface area contributed by atoms with Crippen molar-refractivity contribution in [3.63, 3.8) is 0 Å². The third-order valence-electron chi connectivity index (χ3n) is 9.45. The summed E-state index contributed by atoms with van der Waals surface area (Å²) < 4.78 is 0. The van der Waals surface area contributed by atoms with Crippen LogP contribution >= 0.6 is 0 Å². The highest BCUT2D eigenvalue weighted by Crippen LogP contribution is 2.47. The van der Waals surface area contributed by atoms with Gasteiger partial charge in [-0.2, -0.15) is 0 Å². The Kier molecular flexibility index (Phi) is 8.70. The number of piperidine rings is 1. The molecule has 2 N–H and O–H groups in total. The van der Waals surface area contributed by atoms with E-state index in [1.807, 2.05) is 103 Å². The lowest BCUT2D eigenvalue weighted by atomic mass is 9.65. The zero-order valence-corrected chi connectivity index (χ0v) is 23.6. The van der Waals surface area contributed by atoms with E-state index in [-0.39, 0.29) is 11.8 Å². The molecule has 1 saturated carbocycles. The highest BCUT2D eigenvalue weighted by atomic mass is 16.3. The Labute approximate surface area is 238 Å². The number of nitrogens with zero attached hydrogens (tertiary/aromatic N) is 1. The fourth-order valence-corrected chi connectivity index (χ4v) is 6.83. The summed E-state index contributed by atoms with van der Waals surface area (Å²) in [4.78, 5) is 28.1. The average Bonchev–Trinajstić information content (AvgIpc) is 2.99. The second-order valence-electron chi connectivity index (χ2n) is 12.0. The number of hydrogen-bond acceptors (Lipinski definition) is 3. The summed E-state index contributed by atoms with van der Waals surface area (Å²) in [6, 6.07) is 28.7. The van der Waals surface area contributed by atoms with Crippen molar-refractivity contribution in [2.75, 3.05) is 13.1 Å². The van der Waals surface area contributed by atoms with Gasteiger partial charge >= 0.3 is 0 Å². The first-order chi connectivity index (χ1) is 19.4. The maximum absolute atomic E-state index is 13.2. The van der Waals surface area contributed by atoms with Crippen LogP contribution in [0.5, 0.6) is 0 Å². The third kappa shape index (κ3) is 6.31. The molecule has 0 bridgehead atoms. The SMILES string of the molecule is CC(NC(=O)CC1CCC2(CC1)CCN(C(=O)Cc1ccccc1)CC2)C(O)(c1ccccc1)c1ccccc1. The fourth-order valence-electron chi connectivity index (χ4n) is 6.83. The van der Waals surface area contributed by atoms with Crippen molar-refractivity contribution >= 4 is 11.8 Å². The second-order valence-corrected chi connectivity index (χ2v) is 12.0. The number of likely N-dealkylation sites (tertiary alicyclic amines) is 1. The first-order valence-electron chi connectivity index (χ1n) is 14.8. The van der Waals surface area contributed by atoms with Crippen LogP contribution in [0.25, 0.3) is 0 Å². The van der Waals surface area contributed by atoms with Gasteiger partial charge in [-0.05, 0) is 73.5 Å². The predicted molar refractivity (Wildman–Crippen MR) is 158 cm³/mol. The molecule has 3 aromatic carbocycles. The molecular weight excluding hydrogens is 496 g/mol. The molecule has 1 heterocycles. The molecule has 1 aliphatic heterocycles. The van der Waals surface area contributed by atoms with Crippen molar-refractivity contribution in [1.82, 2.24) is 10.2 Å². The number of nitrogens with one attached hydrogen (secondary N) is 1. The van der Waals surface area contributed by atoms with E-state index in [1.54, 1.807) is 0 Å². The summed E-state index contributed by atoms with van der Waals surface area (Å²) in [5.41, 5.74) is 1.60. The van der Waals surface area contributed by atoms with Crippen molar-refractivity contribution in [3.05, 3.63) is 108 Å². The van der Waals surface area contributed by atoms with E-state index < -0.39 is 11.6 Å². The minimum atomic E-state index is -1.32. The van der Waals surface area contributed by atoms with E-state index in [0.29, 0.717) is 24.2 Å². The molecule has 5 heteroatoms. The molecule has 1 aliphatic carbocycles. The predicted octanol–water partition coefficient (Wildman–Crippen LogP) is 5.86. The number of rotatable bonds is 8. The van der Waals surface area contributed by atoms with E-state index in [4.69, 9.17) is 0 Å². The van der Waals surface area contributed by atoms with E-state index in [1.165, 1.54) is 0 Å². The normalized spacial score (nSPS) is 18.3. The Bertz CT molecular complexity index is 1200. The van der Waals surface area contributed by atoms with Crippen LogP contribution in [0.4, 0.5) is 0 Å². The van der Waals surface area contributed by atoms with E-state index in [2.05, 4.69) is 5.32 Å². The smallest absolute Gasteiger partial charge is 0.226 e. The molecule has 0 radical (unpaired) electrons. The lowest BCUT2D eigenvalue weighted by molar-refractivity contribution is -0.133. The van der Waals surface area contributed by atoms with Gasteiger partial charge in [-0.1, -0.05) is 91.0 Å². The van der Waals surface area contributed by atoms with Crippen molar-refractivity contribution in [3.8, 4) is 0 Å². The van der Waals surface area contributed by atoms with Gasteiger partial charge in [0.15, 0.2) is 0 Å². The van der Waals surface area contributed by atoms with Gasteiger partial charge in [0.2, 0.25) is 11.8 Å². The molecule has 1 spiro atoms. The molecule has 1 unspecified atom stereocenters. The number of aliphatic hydroxyl groups is 1. The first kappa shape index (κ1) is 28.1.